The Morgan fingerprint density at radius 3 is 2.47 bits per heavy atom. The predicted molar refractivity (Wildman–Crippen MR) is 61.7 cm³/mol. The van der Waals surface area contributed by atoms with E-state index in [0.29, 0.717) is 5.16 Å². The van der Waals surface area contributed by atoms with Crippen molar-refractivity contribution >= 4 is 17.4 Å². The summed E-state index contributed by atoms with van der Waals surface area (Å²) in [4.78, 5) is 8.32. The maximum absolute atomic E-state index is 13.2. The molecule has 0 spiro atoms. The molecule has 0 radical (unpaired) electrons. The first-order valence-corrected chi connectivity index (χ1v) is 5.59. The zero-order valence-corrected chi connectivity index (χ0v) is 9.76. The van der Waals surface area contributed by atoms with Gasteiger partial charge in [-0.3, -0.25) is 0 Å². The van der Waals surface area contributed by atoms with Crippen molar-refractivity contribution in [3.8, 4) is 0 Å². The number of hydrogen-bond donors (Lipinski definition) is 1. The number of aryl methyl sites for hydroxylation is 1. The van der Waals surface area contributed by atoms with E-state index >= 15 is 0 Å². The lowest BCUT2D eigenvalue weighted by Crippen LogP contribution is -1.96. The zero-order valence-electron chi connectivity index (χ0n) is 8.95. The molecule has 1 aromatic carbocycles. The van der Waals surface area contributed by atoms with E-state index in [-0.39, 0.29) is 10.6 Å². The van der Waals surface area contributed by atoms with Crippen LogP contribution in [0.4, 0.5) is 14.5 Å². The van der Waals surface area contributed by atoms with Gasteiger partial charge < -0.3 is 5.73 Å². The fourth-order valence-electron chi connectivity index (χ4n) is 1.18. The fourth-order valence-corrected chi connectivity index (χ4v) is 1.96. The van der Waals surface area contributed by atoms with Crippen molar-refractivity contribution in [1.29, 1.82) is 0 Å². The summed E-state index contributed by atoms with van der Waals surface area (Å²) < 4.78 is 26.2. The maximum atomic E-state index is 13.2. The molecule has 0 aliphatic carbocycles. The summed E-state index contributed by atoms with van der Waals surface area (Å²) in [5.74, 6) is -1.45. The highest BCUT2D eigenvalue weighted by molar-refractivity contribution is 7.99. The van der Waals surface area contributed by atoms with Crippen molar-refractivity contribution in [3.63, 3.8) is 0 Å². The summed E-state index contributed by atoms with van der Waals surface area (Å²) >= 11 is 1.02. The molecule has 0 saturated heterocycles. The summed E-state index contributed by atoms with van der Waals surface area (Å²) in [5.41, 5.74) is 6.32. The minimum absolute atomic E-state index is 0.0967. The summed E-state index contributed by atoms with van der Waals surface area (Å²) in [6, 6.07) is 1.90. The normalized spacial score (nSPS) is 10.5. The van der Waals surface area contributed by atoms with E-state index in [1.807, 2.05) is 6.92 Å². The Morgan fingerprint density at radius 2 is 1.82 bits per heavy atom. The van der Waals surface area contributed by atoms with Gasteiger partial charge in [-0.1, -0.05) is 0 Å². The second kappa shape index (κ2) is 4.67. The van der Waals surface area contributed by atoms with Crippen LogP contribution in [0.2, 0.25) is 0 Å². The average Bonchev–Trinajstić information content (AvgIpc) is 2.28. The fraction of sp³-hybridized carbons (Fsp3) is 0.0909. The maximum Gasteiger partial charge on any atom is 0.192 e. The quantitative estimate of drug-likeness (QED) is 0.660. The van der Waals surface area contributed by atoms with Gasteiger partial charge in [0.2, 0.25) is 0 Å². The minimum Gasteiger partial charge on any atom is -0.395 e. The zero-order chi connectivity index (χ0) is 12.4. The van der Waals surface area contributed by atoms with Crippen molar-refractivity contribution in [2.24, 2.45) is 0 Å². The van der Waals surface area contributed by atoms with Crippen LogP contribution < -0.4 is 5.73 Å². The van der Waals surface area contributed by atoms with Gasteiger partial charge in [0.15, 0.2) is 5.16 Å². The van der Waals surface area contributed by atoms with Crippen LogP contribution in [0.5, 0.6) is 0 Å². The molecule has 0 bridgehead atoms. The third kappa shape index (κ3) is 2.71. The highest BCUT2D eigenvalue weighted by Gasteiger charge is 2.10. The molecule has 2 aromatic rings. The van der Waals surface area contributed by atoms with Crippen molar-refractivity contribution in [1.82, 2.24) is 9.97 Å². The molecule has 0 fully saturated rings. The van der Waals surface area contributed by atoms with Crippen LogP contribution in [0, 0.1) is 18.6 Å². The smallest absolute Gasteiger partial charge is 0.192 e. The molecule has 2 N–H and O–H groups in total. The van der Waals surface area contributed by atoms with Gasteiger partial charge in [0.1, 0.15) is 11.6 Å². The molecule has 0 unspecified atom stereocenters. The Labute approximate surface area is 101 Å². The second-order valence-electron chi connectivity index (χ2n) is 3.44. The Kier molecular flexibility index (Phi) is 3.23. The standard InChI is InChI=1S/C11H9F2N3S/c1-6-4-15-11(16-5-6)17-9-3-7(12)2-8(13)10(9)14/h2-5H,14H2,1H3. The molecule has 0 aliphatic heterocycles. The Balaban J connectivity index is 2.32. The topological polar surface area (TPSA) is 51.8 Å². The SMILES string of the molecule is Cc1cnc(Sc2cc(F)cc(F)c2N)nc1. The van der Waals surface area contributed by atoms with E-state index in [9.17, 15) is 8.78 Å². The molecular weight excluding hydrogens is 244 g/mol. The molecule has 0 amide bonds. The number of halogens is 2. The number of hydrogen-bond acceptors (Lipinski definition) is 4. The van der Waals surface area contributed by atoms with Gasteiger partial charge in [0.25, 0.3) is 0 Å². The van der Waals surface area contributed by atoms with Crippen LogP contribution in [0.25, 0.3) is 0 Å². The summed E-state index contributed by atoms with van der Waals surface area (Å²) in [5, 5.41) is 0.396. The highest BCUT2D eigenvalue weighted by Crippen LogP contribution is 2.31. The van der Waals surface area contributed by atoms with Crippen LogP contribution >= 0.6 is 11.8 Å². The minimum atomic E-state index is -0.778. The van der Waals surface area contributed by atoms with Gasteiger partial charge in [-0.2, -0.15) is 0 Å². The van der Waals surface area contributed by atoms with E-state index < -0.39 is 11.6 Å². The third-order valence-electron chi connectivity index (χ3n) is 2.01. The number of nitrogens with zero attached hydrogens (tertiary/aromatic N) is 2. The van der Waals surface area contributed by atoms with E-state index in [4.69, 9.17) is 5.73 Å². The summed E-state index contributed by atoms with van der Waals surface area (Å²) in [7, 11) is 0. The van der Waals surface area contributed by atoms with E-state index in [1.54, 1.807) is 12.4 Å². The van der Waals surface area contributed by atoms with Gasteiger partial charge in [-0.05, 0) is 30.3 Å². The average molecular weight is 253 g/mol. The molecule has 88 valence electrons. The summed E-state index contributed by atoms with van der Waals surface area (Å²) in [6.45, 7) is 1.85. The van der Waals surface area contributed by atoms with Crippen molar-refractivity contribution in [2.75, 3.05) is 5.73 Å². The van der Waals surface area contributed by atoms with Gasteiger partial charge in [-0.15, -0.1) is 0 Å². The lowest BCUT2D eigenvalue weighted by molar-refractivity contribution is 0.581. The molecule has 0 atom stereocenters. The molecular formula is C11H9F2N3S. The molecule has 0 aliphatic rings. The van der Waals surface area contributed by atoms with Crippen molar-refractivity contribution < 1.29 is 8.78 Å². The summed E-state index contributed by atoms with van der Waals surface area (Å²) in [6.07, 6.45) is 3.25. The lowest BCUT2D eigenvalue weighted by Gasteiger charge is -2.05. The number of nitrogens with two attached hydrogens (primary N) is 1. The van der Waals surface area contributed by atoms with Gasteiger partial charge >= 0.3 is 0 Å². The first-order valence-electron chi connectivity index (χ1n) is 4.77. The predicted octanol–water partition coefficient (Wildman–Crippen LogP) is 2.80. The highest BCUT2D eigenvalue weighted by atomic mass is 32.2. The molecule has 2 rings (SSSR count). The Bertz CT molecular complexity index is 543. The van der Waals surface area contributed by atoms with E-state index in [0.717, 1.165) is 29.5 Å². The van der Waals surface area contributed by atoms with Crippen LogP contribution in [-0.4, -0.2) is 9.97 Å². The van der Waals surface area contributed by atoms with Gasteiger partial charge in [0.05, 0.1) is 5.69 Å². The number of aromatic nitrogens is 2. The molecule has 1 heterocycles. The van der Waals surface area contributed by atoms with Crippen molar-refractivity contribution in [3.05, 3.63) is 41.7 Å². The number of anilines is 1. The monoisotopic (exact) mass is 253 g/mol. The molecule has 0 saturated carbocycles. The van der Waals surface area contributed by atoms with Crippen LogP contribution in [-0.2, 0) is 0 Å². The van der Waals surface area contributed by atoms with Crippen molar-refractivity contribution in [2.45, 2.75) is 17.0 Å². The lowest BCUT2D eigenvalue weighted by atomic mass is 10.3. The molecule has 6 heteroatoms. The Morgan fingerprint density at radius 1 is 1.18 bits per heavy atom. The van der Waals surface area contributed by atoms with Crippen LogP contribution in [0.15, 0.2) is 34.6 Å². The van der Waals surface area contributed by atoms with Gasteiger partial charge in [0, 0.05) is 23.4 Å². The Hall–Kier alpha value is -1.69. The number of rotatable bonds is 2. The first kappa shape index (κ1) is 11.8. The first-order chi connectivity index (χ1) is 8.06. The number of nitrogen functional groups attached to an aromatic ring is 1. The van der Waals surface area contributed by atoms with Crippen LogP contribution in [0.3, 0.4) is 0 Å². The van der Waals surface area contributed by atoms with E-state index in [2.05, 4.69) is 9.97 Å². The molecule has 3 nitrogen and oxygen atoms in total. The third-order valence-corrected chi connectivity index (χ3v) is 2.97. The van der Waals surface area contributed by atoms with Gasteiger partial charge in [-0.25, -0.2) is 18.7 Å². The second-order valence-corrected chi connectivity index (χ2v) is 4.45. The van der Waals surface area contributed by atoms with Crippen LogP contribution in [0.1, 0.15) is 5.56 Å². The number of benzene rings is 1. The molecule has 17 heavy (non-hydrogen) atoms. The largest absolute Gasteiger partial charge is 0.395 e. The van der Waals surface area contributed by atoms with E-state index in [1.165, 1.54) is 0 Å². The molecule has 1 aromatic heterocycles.